The van der Waals surface area contributed by atoms with Crippen molar-refractivity contribution in [3.8, 4) is 23.5 Å². The largest absolute Gasteiger partial charge is 0.314 e. The van der Waals surface area contributed by atoms with Crippen LogP contribution in [0.5, 0.6) is 0 Å². The number of benzene rings is 1. The lowest BCUT2D eigenvalue weighted by atomic mass is 10.0. The number of rotatable bonds is 2. The number of hydrogen-bond acceptors (Lipinski definition) is 2. The molecule has 2 aromatic rings. The number of fused-ring (bicyclic) bond motifs is 1. The second-order valence-corrected chi connectivity index (χ2v) is 7.03. The van der Waals surface area contributed by atoms with E-state index >= 15 is 0 Å². The minimum Gasteiger partial charge on any atom is -0.314 e. The zero-order valence-electron chi connectivity index (χ0n) is 12.8. The second-order valence-electron chi connectivity index (χ2n) is 5.46. The first-order valence-corrected chi connectivity index (χ1v) is 8.96. The van der Waals surface area contributed by atoms with E-state index in [2.05, 4.69) is 44.9 Å². The highest BCUT2D eigenvalue weighted by Crippen LogP contribution is 2.32. The molecule has 5 heteroatoms. The number of pyridine rings is 1. The van der Waals surface area contributed by atoms with Crippen LogP contribution in [0.3, 0.4) is 0 Å². The normalized spacial score (nSPS) is 13.3. The molecule has 1 aliphatic rings. The van der Waals surface area contributed by atoms with Crippen LogP contribution in [0.2, 0.25) is 0 Å². The summed E-state index contributed by atoms with van der Waals surface area (Å²) in [6.07, 6.45) is 12.0. The summed E-state index contributed by atoms with van der Waals surface area (Å²) in [6, 6.07) is 7.88. The van der Waals surface area contributed by atoms with E-state index in [9.17, 15) is 4.79 Å². The van der Waals surface area contributed by atoms with Crippen LogP contribution in [0.4, 0.5) is 5.69 Å². The van der Waals surface area contributed by atoms with Crippen molar-refractivity contribution in [2.75, 3.05) is 5.32 Å². The van der Waals surface area contributed by atoms with Gasteiger partial charge in [-0.1, -0.05) is 23.7 Å². The van der Waals surface area contributed by atoms with Crippen molar-refractivity contribution in [1.29, 1.82) is 0 Å². The average molecular weight is 449 g/mol. The summed E-state index contributed by atoms with van der Waals surface area (Å²) in [4.78, 5) is 16.1. The van der Waals surface area contributed by atoms with Gasteiger partial charge in [-0.25, -0.2) is 0 Å². The highest BCUT2D eigenvalue weighted by Gasteiger charge is 2.13. The van der Waals surface area contributed by atoms with E-state index in [1.54, 1.807) is 0 Å². The fourth-order valence-electron chi connectivity index (χ4n) is 2.62. The molecule has 0 aliphatic heterocycles. The summed E-state index contributed by atoms with van der Waals surface area (Å²) >= 11 is 8.56. The van der Waals surface area contributed by atoms with Gasteiger partial charge in [0.1, 0.15) is 0 Å². The molecule has 0 bridgehead atoms. The van der Waals surface area contributed by atoms with Gasteiger partial charge >= 0.3 is 0 Å². The lowest BCUT2D eigenvalue weighted by Crippen LogP contribution is -2.09. The van der Waals surface area contributed by atoms with E-state index in [-0.39, 0.29) is 0 Å². The molecule has 1 aromatic carbocycles. The number of aromatic nitrogens is 1. The Bertz CT molecular complexity index is 883. The Morgan fingerprint density at radius 1 is 1.33 bits per heavy atom. The Hall–Kier alpha value is -1.84. The monoisotopic (exact) mass is 448 g/mol. The molecule has 0 saturated carbocycles. The van der Waals surface area contributed by atoms with E-state index in [1.165, 1.54) is 0 Å². The molecular weight excluding hydrogens is 435 g/mol. The Balaban J connectivity index is 2.02. The molecule has 0 atom stereocenters. The number of amides is 1. The summed E-state index contributed by atoms with van der Waals surface area (Å²) < 4.78 is 0.917. The Labute approximate surface area is 159 Å². The molecule has 1 aliphatic carbocycles. The van der Waals surface area contributed by atoms with Crippen LogP contribution in [-0.4, -0.2) is 10.9 Å². The molecular formula is C19H14ClIN2O. The maximum Gasteiger partial charge on any atom is 0.300 e. The van der Waals surface area contributed by atoms with E-state index in [0.29, 0.717) is 5.69 Å². The van der Waals surface area contributed by atoms with Crippen molar-refractivity contribution in [2.24, 2.45) is 0 Å². The van der Waals surface area contributed by atoms with Crippen LogP contribution in [0, 0.1) is 15.9 Å². The molecule has 1 amide bonds. The molecule has 24 heavy (non-hydrogen) atoms. The third-order valence-electron chi connectivity index (χ3n) is 3.85. The van der Waals surface area contributed by atoms with Gasteiger partial charge in [0.05, 0.1) is 5.69 Å². The fourth-order valence-corrected chi connectivity index (χ4v) is 3.37. The number of halogens is 2. The van der Waals surface area contributed by atoms with Gasteiger partial charge < -0.3 is 5.32 Å². The number of nitrogens with zero attached hydrogens (tertiary/aromatic N) is 1. The molecule has 3 rings (SSSR count). The van der Waals surface area contributed by atoms with Gasteiger partial charge in [-0.3, -0.25) is 9.78 Å². The van der Waals surface area contributed by atoms with Crippen LogP contribution in [0.1, 0.15) is 24.1 Å². The van der Waals surface area contributed by atoms with Gasteiger partial charge in [0.2, 0.25) is 0 Å². The molecule has 1 heterocycles. The first-order valence-electron chi connectivity index (χ1n) is 7.51. The highest BCUT2D eigenvalue weighted by molar-refractivity contribution is 14.1. The van der Waals surface area contributed by atoms with Crippen LogP contribution in [0.25, 0.3) is 16.2 Å². The van der Waals surface area contributed by atoms with Crippen LogP contribution < -0.4 is 5.32 Å². The van der Waals surface area contributed by atoms with Crippen LogP contribution in [-0.2, 0) is 11.2 Å². The van der Waals surface area contributed by atoms with E-state index in [1.807, 2.05) is 30.5 Å². The summed E-state index contributed by atoms with van der Waals surface area (Å²) in [5.74, 6) is 1.60. The molecule has 3 nitrogen and oxygen atoms in total. The summed E-state index contributed by atoms with van der Waals surface area (Å²) in [5, 5.41) is 3.46. The van der Waals surface area contributed by atoms with Crippen molar-refractivity contribution in [3.63, 3.8) is 0 Å². The number of terminal acetylenes is 1. The number of nitrogens with one attached hydrogen (secondary N) is 1. The van der Waals surface area contributed by atoms with Gasteiger partial charge in [0.25, 0.3) is 5.91 Å². The van der Waals surface area contributed by atoms with Gasteiger partial charge in [-0.05, 0) is 71.5 Å². The van der Waals surface area contributed by atoms with Crippen molar-refractivity contribution in [1.82, 2.24) is 4.98 Å². The summed E-state index contributed by atoms with van der Waals surface area (Å²) in [6.45, 7) is 0. The Kier molecular flexibility index (Phi) is 5.22. The third kappa shape index (κ3) is 3.63. The fraction of sp³-hybridized carbons (Fsp3) is 0.158. The lowest BCUT2D eigenvalue weighted by Gasteiger charge is -2.11. The van der Waals surface area contributed by atoms with Crippen LogP contribution >= 0.6 is 34.2 Å². The molecule has 0 spiro atoms. The Morgan fingerprint density at radius 3 is 2.96 bits per heavy atom. The molecule has 0 fully saturated rings. The van der Waals surface area contributed by atoms with E-state index in [4.69, 9.17) is 18.0 Å². The van der Waals surface area contributed by atoms with Crippen molar-refractivity contribution in [3.05, 3.63) is 51.4 Å². The zero-order chi connectivity index (χ0) is 17.1. The third-order valence-corrected chi connectivity index (χ3v) is 5.15. The van der Waals surface area contributed by atoms with E-state index in [0.717, 1.165) is 50.2 Å². The van der Waals surface area contributed by atoms with Gasteiger partial charge in [-0.15, -0.1) is 6.42 Å². The van der Waals surface area contributed by atoms with Crippen molar-refractivity contribution >= 4 is 50.8 Å². The predicted octanol–water partition coefficient (Wildman–Crippen LogP) is 4.84. The number of aryl methyl sites for hydroxylation is 1. The summed E-state index contributed by atoms with van der Waals surface area (Å²) in [7, 11) is 0. The standard InChI is InChI=1S/C19H14ClIN2O/c1-2-19(24)23-18-10-12(7-8-16(18)21)13-9-14-15(20)5-3-4-6-17(14)22-11-13/h1,5,7-11H,3-4,6H2,(H,23,24). The quantitative estimate of drug-likeness (QED) is 0.528. The molecule has 120 valence electrons. The van der Waals surface area contributed by atoms with Gasteiger partial charge in [-0.2, -0.15) is 0 Å². The maximum atomic E-state index is 11.5. The number of carbonyl (C=O) groups is 1. The highest BCUT2D eigenvalue weighted by atomic mass is 127. The lowest BCUT2D eigenvalue weighted by molar-refractivity contribution is -0.111. The molecule has 0 unspecified atom stereocenters. The first kappa shape index (κ1) is 17.0. The average Bonchev–Trinajstić information content (AvgIpc) is 2.78. The molecule has 1 aromatic heterocycles. The first-order chi connectivity index (χ1) is 11.6. The van der Waals surface area contributed by atoms with Gasteiger partial charge in [0.15, 0.2) is 0 Å². The second kappa shape index (κ2) is 7.37. The predicted molar refractivity (Wildman–Crippen MR) is 107 cm³/mol. The SMILES string of the molecule is C#CC(=O)Nc1cc(-c2cnc3c(c2)C(Cl)=CCCC3)ccc1I. The number of allylic oxidation sites excluding steroid dienone is 1. The molecule has 0 radical (unpaired) electrons. The zero-order valence-corrected chi connectivity index (χ0v) is 15.7. The smallest absolute Gasteiger partial charge is 0.300 e. The topological polar surface area (TPSA) is 42.0 Å². The summed E-state index contributed by atoms with van der Waals surface area (Å²) in [5.41, 5.74) is 4.61. The van der Waals surface area contributed by atoms with Gasteiger partial charge in [0, 0.05) is 31.6 Å². The number of hydrogen-bond donors (Lipinski definition) is 1. The molecule has 0 saturated heterocycles. The maximum absolute atomic E-state index is 11.5. The minimum atomic E-state index is -0.462. The molecule has 1 N–H and O–H groups in total. The van der Waals surface area contributed by atoms with E-state index < -0.39 is 5.91 Å². The van der Waals surface area contributed by atoms with Crippen molar-refractivity contribution < 1.29 is 4.79 Å². The van der Waals surface area contributed by atoms with Crippen LogP contribution in [0.15, 0.2) is 36.5 Å². The Morgan fingerprint density at radius 2 is 2.17 bits per heavy atom. The van der Waals surface area contributed by atoms with Crippen molar-refractivity contribution in [2.45, 2.75) is 19.3 Å². The minimum absolute atomic E-state index is 0.462. The number of carbonyl (C=O) groups excluding carboxylic acids is 1. The number of anilines is 1.